The first-order valence-electron chi connectivity index (χ1n) is 4.75. The summed E-state index contributed by atoms with van der Waals surface area (Å²) in [4.78, 5) is 18.2. The lowest BCUT2D eigenvalue weighted by Gasteiger charge is -2.01. The summed E-state index contributed by atoms with van der Waals surface area (Å²) in [5.41, 5.74) is 15.5. The molecule has 0 aliphatic carbocycles. The van der Waals surface area contributed by atoms with Crippen LogP contribution in [-0.2, 0) is 4.74 Å². The van der Waals surface area contributed by atoms with Crippen molar-refractivity contribution in [1.29, 1.82) is 0 Å². The minimum Gasteiger partial charge on any atom is -0.465 e. The Balaban J connectivity index is 3.07. The van der Waals surface area contributed by atoms with Crippen LogP contribution in [0.15, 0.2) is 28.2 Å². The quantitative estimate of drug-likeness (QED) is 0.383. The number of rotatable bonds is 2. The van der Waals surface area contributed by atoms with E-state index in [2.05, 4.69) is 14.7 Å². The van der Waals surface area contributed by atoms with Gasteiger partial charge in [-0.05, 0) is 18.2 Å². The molecule has 0 bridgehead atoms. The van der Waals surface area contributed by atoms with Crippen molar-refractivity contribution >= 4 is 23.6 Å². The van der Waals surface area contributed by atoms with Gasteiger partial charge in [-0.3, -0.25) is 0 Å². The Kier molecular flexibility index (Phi) is 4.19. The molecule has 0 aliphatic rings. The number of nitrogens with zero attached hydrogens (tertiary/aromatic N) is 2. The summed E-state index contributed by atoms with van der Waals surface area (Å²) in [6.45, 7) is 0. The number of carbonyl (C=O) groups is 1. The van der Waals surface area contributed by atoms with E-state index in [1.165, 1.54) is 19.2 Å². The second kappa shape index (κ2) is 5.62. The van der Waals surface area contributed by atoms with Gasteiger partial charge in [0.15, 0.2) is 5.96 Å². The van der Waals surface area contributed by atoms with Gasteiger partial charge < -0.3 is 21.9 Å². The molecule has 0 aromatic heterocycles. The monoisotopic (exact) mass is 253 g/mol. The number of methoxy groups -OCH3 is 1. The summed E-state index contributed by atoms with van der Waals surface area (Å²) >= 11 is 0. The molecule has 8 heteroatoms. The zero-order valence-corrected chi connectivity index (χ0v) is 9.55. The number of hydrogen-bond donors (Lipinski definition) is 3. The second-order valence-electron chi connectivity index (χ2n) is 3.16. The third kappa shape index (κ3) is 3.44. The molecule has 0 saturated heterocycles. The smallest absolute Gasteiger partial charge is 0.337 e. The number of ether oxygens (including phenoxy) is 1. The van der Waals surface area contributed by atoms with Gasteiger partial charge in [-0.15, -0.1) is 0 Å². The van der Waals surface area contributed by atoms with Crippen LogP contribution in [0.3, 0.4) is 0 Å². The van der Waals surface area contributed by atoms with Crippen molar-refractivity contribution in [2.75, 3.05) is 7.11 Å². The normalized spacial score (nSPS) is 10.9. The topological polar surface area (TPSA) is 129 Å². The molecule has 0 unspecified atom stereocenters. The van der Waals surface area contributed by atoms with E-state index in [0.717, 1.165) is 6.07 Å². The molecule has 0 spiro atoms. The van der Waals surface area contributed by atoms with E-state index in [1.54, 1.807) is 0 Å². The van der Waals surface area contributed by atoms with Crippen molar-refractivity contribution in [3.05, 3.63) is 29.6 Å². The molecule has 0 atom stereocenters. The molecule has 1 aromatic rings. The average Bonchev–Trinajstić information content (AvgIpc) is 2.29. The molecule has 0 fully saturated rings. The summed E-state index contributed by atoms with van der Waals surface area (Å²) in [5, 5.41) is 0. The van der Waals surface area contributed by atoms with Gasteiger partial charge in [0.25, 0.3) is 0 Å². The van der Waals surface area contributed by atoms with Crippen molar-refractivity contribution < 1.29 is 13.9 Å². The molecule has 1 rings (SSSR count). The summed E-state index contributed by atoms with van der Waals surface area (Å²) in [6.07, 6.45) is 0. The maximum absolute atomic E-state index is 13.6. The number of hydrogen-bond acceptors (Lipinski definition) is 3. The van der Waals surface area contributed by atoms with E-state index in [-0.39, 0.29) is 23.2 Å². The Hall–Kier alpha value is -2.64. The van der Waals surface area contributed by atoms with Gasteiger partial charge in [0.1, 0.15) is 11.5 Å². The predicted octanol–water partition coefficient (Wildman–Crippen LogP) is -0.168. The number of nitrogens with two attached hydrogens (primary N) is 3. The van der Waals surface area contributed by atoms with Crippen molar-refractivity contribution in [3.63, 3.8) is 0 Å². The summed E-state index contributed by atoms with van der Waals surface area (Å²) < 4.78 is 18.0. The van der Waals surface area contributed by atoms with Gasteiger partial charge in [-0.1, -0.05) is 0 Å². The molecule has 0 radical (unpaired) electrons. The Morgan fingerprint density at radius 3 is 2.50 bits per heavy atom. The van der Waals surface area contributed by atoms with Gasteiger partial charge in [-0.2, -0.15) is 4.99 Å². The third-order valence-corrected chi connectivity index (χ3v) is 1.85. The SMILES string of the molecule is COC(=O)c1ccc(N=C(N)N=C(N)N)c(F)c1. The lowest BCUT2D eigenvalue weighted by molar-refractivity contribution is 0.0600. The molecule has 18 heavy (non-hydrogen) atoms. The fourth-order valence-corrected chi connectivity index (χ4v) is 1.12. The first-order chi connectivity index (χ1) is 8.43. The molecule has 0 heterocycles. The molecule has 0 amide bonds. The van der Waals surface area contributed by atoms with E-state index in [4.69, 9.17) is 17.2 Å². The van der Waals surface area contributed by atoms with Crippen LogP contribution < -0.4 is 17.2 Å². The van der Waals surface area contributed by atoms with E-state index in [1.807, 2.05) is 0 Å². The summed E-state index contributed by atoms with van der Waals surface area (Å²) in [5.74, 6) is -1.98. The van der Waals surface area contributed by atoms with Crippen molar-refractivity contribution in [2.45, 2.75) is 0 Å². The van der Waals surface area contributed by atoms with E-state index in [0.29, 0.717) is 0 Å². The van der Waals surface area contributed by atoms with Crippen molar-refractivity contribution in [2.24, 2.45) is 27.2 Å². The zero-order chi connectivity index (χ0) is 13.7. The zero-order valence-electron chi connectivity index (χ0n) is 9.55. The molecule has 0 aliphatic heterocycles. The molecule has 6 N–H and O–H groups in total. The van der Waals surface area contributed by atoms with Gasteiger partial charge in [0.2, 0.25) is 5.96 Å². The number of esters is 1. The highest BCUT2D eigenvalue weighted by Crippen LogP contribution is 2.19. The number of halogens is 1. The Morgan fingerprint density at radius 1 is 1.33 bits per heavy atom. The van der Waals surface area contributed by atoms with Gasteiger partial charge >= 0.3 is 5.97 Å². The molecular formula is C10H12FN5O2. The van der Waals surface area contributed by atoms with Crippen LogP contribution in [0.5, 0.6) is 0 Å². The standard InChI is InChI=1S/C10H12FN5O2/c1-18-8(17)5-2-3-7(6(11)4-5)15-10(14)16-9(12)13/h2-4H,1H3,(H6,12,13,14,15,16). The van der Waals surface area contributed by atoms with E-state index in [9.17, 15) is 9.18 Å². The summed E-state index contributed by atoms with van der Waals surface area (Å²) in [6, 6.07) is 3.58. The number of aliphatic imine (C=N–C) groups is 2. The van der Waals surface area contributed by atoms with E-state index >= 15 is 0 Å². The lowest BCUT2D eigenvalue weighted by atomic mass is 10.2. The minimum absolute atomic E-state index is 0.0642. The van der Waals surface area contributed by atoms with Crippen LogP contribution in [-0.4, -0.2) is 25.0 Å². The van der Waals surface area contributed by atoms with Crippen LogP contribution >= 0.6 is 0 Å². The van der Waals surface area contributed by atoms with Gasteiger partial charge in [0.05, 0.1) is 12.7 Å². The average molecular weight is 253 g/mol. The highest BCUT2D eigenvalue weighted by atomic mass is 19.1. The fourth-order valence-electron chi connectivity index (χ4n) is 1.12. The predicted molar refractivity (Wildman–Crippen MR) is 64.8 cm³/mol. The fraction of sp³-hybridized carbons (Fsp3) is 0.100. The van der Waals surface area contributed by atoms with Crippen LogP contribution in [0.4, 0.5) is 10.1 Å². The van der Waals surface area contributed by atoms with Crippen LogP contribution in [0.25, 0.3) is 0 Å². The largest absolute Gasteiger partial charge is 0.465 e. The maximum Gasteiger partial charge on any atom is 0.337 e. The van der Waals surface area contributed by atoms with Crippen molar-refractivity contribution in [3.8, 4) is 0 Å². The lowest BCUT2D eigenvalue weighted by Crippen LogP contribution is -2.26. The highest BCUT2D eigenvalue weighted by Gasteiger charge is 2.09. The third-order valence-electron chi connectivity index (χ3n) is 1.85. The number of guanidine groups is 2. The number of carbonyl (C=O) groups excluding carboxylic acids is 1. The van der Waals surface area contributed by atoms with Crippen molar-refractivity contribution in [1.82, 2.24) is 0 Å². The highest BCUT2D eigenvalue weighted by molar-refractivity contribution is 5.94. The van der Waals surface area contributed by atoms with Gasteiger partial charge in [-0.25, -0.2) is 14.2 Å². The van der Waals surface area contributed by atoms with E-state index < -0.39 is 11.8 Å². The molecule has 96 valence electrons. The molecular weight excluding hydrogens is 241 g/mol. The minimum atomic E-state index is -0.744. The summed E-state index contributed by atoms with van der Waals surface area (Å²) in [7, 11) is 1.20. The maximum atomic E-state index is 13.6. The second-order valence-corrected chi connectivity index (χ2v) is 3.16. The van der Waals surface area contributed by atoms with Crippen LogP contribution in [0.1, 0.15) is 10.4 Å². The molecule has 1 aromatic carbocycles. The Labute approximate surface area is 102 Å². The Morgan fingerprint density at radius 2 is 2.00 bits per heavy atom. The molecule has 0 saturated carbocycles. The first-order valence-corrected chi connectivity index (χ1v) is 4.75. The Bertz CT molecular complexity index is 523. The molecule has 7 nitrogen and oxygen atoms in total. The van der Waals surface area contributed by atoms with Crippen LogP contribution in [0, 0.1) is 5.82 Å². The first kappa shape index (κ1) is 13.4. The van der Waals surface area contributed by atoms with Crippen LogP contribution in [0.2, 0.25) is 0 Å². The number of benzene rings is 1. The van der Waals surface area contributed by atoms with Gasteiger partial charge in [0, 0.05) is 0 Å².